The Kier molecular flexibility index (Phi) is 13.3. The number of ether oxygens (including phenoxy) is 2. The lowest BCUT2D eigenvalue weighted by molar-refractivity contribution is -0.138. The van der Waals surface area contributed by atoms with E-state index in [2.05, 4.69) is 10.3 Å². The second kappa shape index (κ2) is 15.4. The lowest BCUT2D eigenvalue weighted by Crippen LogP contribution is -2.36. The number of hydrogen-bond acceptors (Lipinski definition) is 10. The van der Waals surface area contributed by atoms with Crippen molar-refractivity contribution < 1.29 is 38.8 Å². The smallest absolute Gasteiger partial charge is 0.412 e. The van der Waals surface area contributed by atoms with E-state index in [4.69, 9.17) is 26.0 Å². The Bertz CT molecular complexity index is 871. The van der Waals surface area contributed by atoms with E-state index in [0.717, 1.165) is 36.4 Å². The Morgan fingerprint density at radius 2 is 1.97 bits per heavy atom. The normalized spacial score (nSPS) is 22.1. The Morgan fingerprint density at radius 3 is 2.51 bits per heavy atom. The van der Waals surface area contributed by atoms with Gasteiger partial charge in [-0.2, -0.15) is 4.98 Å². The molecule has 0 saturated carbocycles. The Hall–Kier alpha value is -2.65. The number of nitrogens with one attached hydrogen (secondary N) is 1. The van der Waals surface area contributed by atoms with Crippen molar-refractivity contribution in [1.82, 2.24) is 9.55 Å². The number of carbonyl (C=O) groups excluding carboxylic acids is 1. The number of unbranched alkanes of at least 4 members (excludes halogenated alkanes) is 3. The predicted octanol–water partition coefficient (Wildman–Crippen LogP) is 0.288. The van der Waals surface area contributed by atoms with Gasteiger partial charge in [-0.3, -0.25) is 14.7 Å². The molecule has 0 aliphatic carbocycles. The van der Waals surface area contributed by atoms with Crippen LogP contribution in [0, 0.1) is 5.82 Å². The molecule has 2 rings (SSSR count). The minimum atomic E-state index is -1.41. The molecular formula is C21H36FN5O8. The van der Waals surface area contributed by atoms with E-state index in [1.165, 1.54) is 6.92 Å². The average molecular weight is 506 g/mol. The van der Waals surface area contributed by atoms with Crippen LogP contribution in [0.25, 0.3) is 0 Å². The number of carbonyl (C=O) groups is 2. The van der Waals surface area contributed by atoms with Gasteiger partial charge in [-0.1, -0.05) is 26.2 Å². The first-order chi connectivity index (χ1) is 16.5. The Balaban J connectivity index is 0.000000518. The molecule has 200 valence electrons. The maximum absolute atomic E-state index is 14.1. The highest BCUT2D eigenvalue weighted by atomic mass is 19.1. The maximum Gasteiger partial charge on any atom is 0.412 e. The highest BCUT2D eigenvalue weighted by Crippen LogP contribution is 2.28. The number of aliphatic hydroxyl groups is 2. The van der Waals surface area contributed by atoms with Crippen LogP contribution in [0.4, 0.5) is 15.0 Å². The number of halogens is 1. The van der Waals surface area contributed by atoms with Crippen LogP contribution in [-0.2, 0) is 14.3 Å². The number of carboxylic acid groups (broad SMARTS) is 1. The molecule has 1 aromatic heterocycles. The fraction of sp³-hybridized carbons (Fsp3) is 0.714. The van der Waals surface area contributed by atoms with Crippen LogP contribution in [0.2, 0.25) is 0 Å². The van der Waals surface area contributed by atoms with Gasteiger partial charge in [0.15, 0.2) is 17.9 Å². The van der Waals surface area contributed by atoms with E-state index in [9.17, 15) is 29.0 Å². The summed E-state index contributed by atoms with van der Waals surface area (Å²) >= 11 is 0. The molecule has 0 aromatic carbocycles. The number of amides is 1. The van der Waals surface area contributed by atoms with Gasteiger partial charge in [0, 0.05) is 0 Å². The number of hydrogen-bond donors (Lipinski definition) is 6. The molecule has 1 aromatic rings. The van der Waals surface area contributed by atoms with Crippen molar-refractivity contribution in [3.63, 3.8) is 0 Å². The minimum Gasteiger partial charge on any atom is -0.480 e. The van der Waals surface area contributed by atoms with Crippen LogP contribution in [0.1, 0.15) is 58.6 Å². The molecule has 13 nitrogen and oxygen atoms in total. The second-order valence-electron chi connectivity index (χ2n) is 8.04. The van der Waals surface area contributed by atoms with Crippen molar-refractivity contribution in [3.05, 3.63) is 22.5 Å². The van der Waals surface area contributed by atoms with Crippen molar-refractivity contribution >= 4 is 17.9 Å². The van der Waals surface area contributed by atoms with Gasteiger partial charge in [0.1, 0.15) is 18.2 Å². The van der Waals surface area contributed by atoms with E-state index in [1.807, 2.05) is 6.92 Å². The van der Waals surface area contributed by atoms with E-state index in [0.29, 0.717) is 19.4 Å². The predicted molar refractivity (Wildman–Crippen MR) is 123 cm³/mol. The van der Waals surface area contributed by atoms with Gasteiger partial charge in [-0.15, -0.1) is 0 Å². The maximum atomic E-state index is 14.1. The van der Waals surface area contributed by atoms with Gasteiger partial charge in [-0.05, 0) is 32.7 Å². The highest BCUT2D eigenvalue weighted by Gasteiger charge is 2.42. The molecule has 1 aliphatic heterocycles. The number of aromatic nitrogens is 2. The summed E-state index contributed by atoms with van der Waals surface area (Å²) in [6.07, 6.45) is -0.0868. The van der Waals surface area contributed by atoms with Crippen LogP contribution in [0.5, 0.6) is 0 Å². The summed E-state index contributed by atoms with van der Waals surface area (Å²) in [6.45, 7) is 4.29. The molecule has 1 fully saturated rings. The monoisotopic (exact) mass is 505 g/mol. The quantitative estimate of drug-likeness (QED) is 0.225. The second-order valence-corrected chi connectivity index (χ2v) is 8.04. The largest absolute Gasteiger partial charge is 0.480 e. The molecule has 35 heavy (non-hydrogen) atoms. The Morgan fingerprint density at radius 1 is 1.29 bits per heavy atom. The third kappa shape index (κ3) is 9.85. The summed E-state index contributed by atoms with van der Waals surface area (Å²) in [5.41, 5.74) is 9.47. The van der Waals surface area contributed by atoms with Gasteiger partial charge < -0.3 is 36.3 Å². The molecule has 8 N–H and O–H groups in total. The fourth-order valence-corrected chi connectivity index (χ4v) is 3.05. The number of nitrogens with two attached hydrogens (primary N) is 2. The first kappa shape index (κ1) is 30.4. The highest BCUT2D eigenvalue weighted by molar-refractivity contribution is 5.83. The summed E-state index contributed by atoms with van der Waals surface area (Å²) in [4.78, 5) is 37.2. The number of aliphatic hydroxyl groups excluding tert-OH is 2. The molecule has 0 radical (unpaired) electrons. The number of anilines is 1. The molecule has 1 saturated heterocycles. The number of aliphatic carboxylic acids is 1. The zero-order valence-corrected chi connectivity index (χ0v) is 19.9. The van der Waals surface area contributed by atoms with Crippen LogP contribution < -0.4 is 22.5 Å². The minimum absolute atomic E-state index is 0.177. The molecule has 1 unspecified atom stereocenters. The molecule has 0 bridgehead atoms. The topological polar surface area (TPSA) is 212 Å². The fourth-order valence-electron chi connectivity index (χ4n) is 3.05. The third-order valence-electron chi connectivity index (χ3n) is 5.15. The molecule has 14 heteroatoms. The van der Waals surface area contributed by atoms with Gasteiger partial charge in [-0.25, -0.2) is 14.0 Å². The van der Waals surface area contributed by atoms with E-state index in [1.54, 1.807) is 0 Å². The van der Waals surface area contributed by atoms with Gasteiger partial charge in [0.05, 0.1) is 18.9 Å². The molecule has 2 heterocycles. The molecule has 1 amide bonds. The van der Waals surface area contributed by atoms with Crippen molar-refractivity contribution in [3.8, 4) is 0 Å². The van der Waals surface area contributed by atoms with Gasteiger partial charge in [0.2, 0.25) is 0 Å². The van der Waals surface area contributed by atoms with E-state index < -0.39 is 60.0 Å². The van der Waals surface area contributed by atoms with Crippen molar-refractivity contribution in [1.29, 1.82) is 0 Å². The van der Waals surface area contributed by atoms with Crippen molar-refractivity contribution in [2.75, 3.05) is 18.5 Å². The van der Waals surface area contributed by atoms with Gasteiger partial charge >= 0.3 is 17.8 Å². The van der Waals surface area contributed by atoms with Crippen LogP contribution in [0.3, 0.4) is 0 Å². The molecular weight excluding hydrogens is 469 g/mol. The lowest BCUT2D eigenvalue weighted by Gasteiger charge is -2.17. The summed E-state index contributed by atoms with van der Waals surface area (Å²) in [5, 5.41) is 29.9. The summed E-state index contributed by atoms with van der Waals surface area (Å²) in [6, 6.07) is -0.716. The standard InChI is InChI=1S/C15H22FN3O6.C6H14N2O2/c1-3-4-5-6-24-15(23)18-12-9(16)7-19(14(22)17-12)13-11(21)10(20)8(2)25-13;7-4-2-1-3-5(8)6(9)10/h7-8,10-11,13,20-21H,3-6H2,1-2H3,(H,17,18,22,23);5H,1-4,7-8H2,(H,9,10)/t8-,10-,11-,13-;/m1./s1. The van der Waals surface area contributed by atoms with Crippen molar-refractivity contribution in [2.24, 2.45) is 11.5 Å². The first-order valence-electron chi connectivity index (χ1n) is 11.5. The Labute approximate surface area is 202 Å². The zero-order chi connectivity index (χ0) is 26.5. The molecule has 0 spiro atoms. The number of carboxylic acids is 1. The van der Waals surface area contributed by atoms with Crippen molar-refractivity contribution in [2.45, 2.75) is 83.0 Å². The summed E-state index contributed by atoms with van der Waals surface area (Å²) in [5.74, 6) is -2.52. The summed E-state index contributed by atoms with van der Waals surface area (Å²) in [7, 11) is 0. The number of nitrogens with zero attached hydrogens (tertiary/aromatic N) is 2. The SMILES string of the molecule is CCCCCOC(=O)Nc1nc(=O)n([C@@H]2O[C@H](C)[C@@H](O)[C@H]2O)cc1F.NCCCCC(N)C(=O)O. The average Bonchev–Trinajstić information content (AvgIpc) is 3.06. The zero-order valence-electron chi connectivity index (χ0n) is 19.9. The third-order valence-corrected chi connectivity index (χ3v) is 5.15. The van der Waals surface area contributed by atoms with Gasteiger partial charge in [0.25, 0.3) is 0 Å². The van der Waals surface area contributed by atoms with E-state index in [-0.39, 0.29) is 6.61 Å². The first-order valence-corrected chi connectivity index (χ1v) is 11.5. The molecule has 1 aliphatic rings. The summed E-state index contributed by atoms with van der Waals surface area (Å²) < 4.78 is 24.9. The van der Waals surface area contributed by atoms with Crippen LogP contribution >= 0.6 is 0 Å². The van der Waals surface area contributed by atoms with Crippen LogP contribution in [0.15, 0.2) is 11.0 Å². The molecule has 5 atom stereocenters. The lowest BCUT2D eigenvalue weighted by atomic mass is 10.1. The number of rotatable bonds is 11. The van der Waals surface area contributed by atoms with Crippen LogP contribution in [-0.4, -0.2) is 74.4 Å². The van der Waals surface area contributed by atoms with E-state index >= 15 is 0 Å².